The molecule has 2 aliphatic rings. The molecule has 124 valence electrons. The Morgan fingerprint density at radius 2 is 2.12 bits per heavy atom. The van der Waals surface area contributed by atoms with Gasteiger partial charge in [-0.2, -0.15) is 10.1 Å². The summed E-state index contributed by atoms with van der Waals surface area (Å²) >= 11 is 1.30. The zero-order valence-electron chi connectivity index (χ0n) is 12.6. The summed E-state index contributed by atoms with van der Waals surface area (Å²) in [6, 6.07) is 1.92. The Morgan fingerprint density at radius 3 is 2.88 bits per heavy atom. The number of rotatable bonds is 4. The van der Waals surface area contributed by atoms with Crippen LogP contribution in [0.5, 0.6) is 0 Å². The molecule has 1 unspecified atom stereocenters. The molecule has 4 amide bonds. The van der Waals surface area contributed by atoms with Crippen molar-refractivity contribution >= 4 is 35.3 Å². The number of amides is 4. The highest BCUT2D eigenvalue weighted by atomic mass is 32.2. The maximum atomic E-state index is 12.2. The molecule has 1 N–H and O–H groups in total. The van der Waals surface area contributed by atoms with Crippen LogP contribution in [0, 0.1) is 0 Å². The lowest BCUT2D eigenvalue weighted by Gasteiger charge is -2.25. The minimum atomic E-state index is -0.632. The Hall–Kier alpha value is -2.75. The molecule has 0 saturated carbocycles. The topological polar surface area (TPSA) is 114 Å². The van der Waals surface area contributed by atoms with Crippen LogP contribution in [-0.4, -0.2) is 56.6 Å². The molecular weight excluding hydrogens is 334 g/mol. The molecule has 10 heteroatoms. The number of urea groups is 1. The van der Waals surface area contributed by atoms with Gasteiger partial charge in [0.05, 0.1) is 5.71 Å². The number of allylic oxidation sites excluding steroid dienone is 1. The monoisotopic (exact) mass is 347 g/mol. The lowest BCUT2D eigenvalue weighted by molar-refractivity contribution is -0.126. The zero-order chi connectivity index (χ0) is 17.3. The summed E-state index contributed by atoms with van der Waals surface area (Å²) in [7, 11) is 1.44. The minimum absolute atomic E-state index is 0.0169. The molecule has 0 bridgehead atoms. The summed E-state index contributed by atoms with van der Waals surface area (Å²) in [6.45, 7) is 0.0829. The average Bonchev–Trinajstić information content (AvgIpc) is 3.01. The van der Waals surface area contributed by atoms with Crippen molar-refractivity contribution < 1.29 is 14.4 Å². The summed E-state index contributed by atoms with van der Waals surface area (Å²) in [6.07, 6.45) is 1.65. The van der Waals surface area contributed by atoms with Crippen LogP contribution in [0.1, 0.15) is 10.5 Å². The van der Waals surface area contributed by atoms with Crippen molar-refractivity contribution in [3.8, 4) is 0 Å². The highest BCUT2D eigenvalue weighted by Gasteiger charge is 2.38. The maximum absolute atomic E-state index is 12.2. The molecule has 2 aliphatic heterocycles. The van der Waals surface area contributed by atoms with Crippen LogP contribution in [0.4, 0.5) is 4.79 Å². The second-order valence-electron chi connectivity index (χ2n) is 5.06. The van der Waals surface area contributed by atoms with Crippen LogP contribution in [0.15, 0.2) is 33.4 Å². The van der Waals surface area contributed by atoms with E-state index in [0.717, 1.165) is 9.58 Å². The SMILES string of the molecule is Cn1nc(C(=O)NCCN2C(=O)N=C3C=CSC3C2=O)ccc1=O. The lowest BCUT2D eigenvalue weighted by Crippen LogP contribution is -2.49. The molecule has 1 atom stereocenters. The number of carbonyl (C=O) groups is 3. The van der Waals surface area contributed by atoms with E-state index >= 15 is 0 Å². The van der Waals surface area contributed by atoms with Gasteiger partial charge in [0, 0.05) is 26.2 Å². The normalized spacial score (nSPS) is 19.3. The van der Waals surface area contributed by atoms with E-state index in [-0.39, 0.29) is 30.2 Å². The van der Waals surface area contributed by atoms with Crippen molar-refractivity contribution in [2.24, 2.45) is 12.0 Å². The molecule has 3 rings (SSSR count). The van der Waals surface area contributed by atoms with E-state index in [1.807, 2.05) is 0 Å². The molecule has 0 aromatic carbocycles. The van der Waals surface area contributed by atoms with Gasteiger partial charge in [-0.1, -0.05) is 0 Å². The van der Waals surface area contributed by atoms with Crippen molar-refractivity contribution in [3.63, 3.8) is 0 Å². The predicted molar refractivity (Wildman–Crippen MR) is 86.9 cm³/mol. The van der Waals surface area contributed by atoms with Crippen molar-refractivity contribution in [2.45, 2.75) is 5.25 Å². The van der Waals surface area contributed by atoms with E-state index in [1.165, 1.54) is 30.9 Å². The molecule has 0 aliphatic carbocycles. The fraction of sp³-hybridized carbons (Fsp3) is 0.286. The number of nitrogens with zero attached hydrogens (tertiary/aromatic N) is 4. The van der Waals surface area contributed by atoms with Crippen molar-refractivity contribution in [1.29, 1.82) is 0 Å². The highest BCUT2D eigenvalue weighted by molar-refractivity contribution is 8.04. The number of aryl methyl sites for hydroxylation is 1. The number of fused-ring (bicyclic) bond motifs is 1. The minimum Gasteiger partial charge on any atom is -0.349 e. The number of nitrogens with one attached hydrogen (secondary N) is 1. The molecule has 3 heterocycles. The van der Waals surface area contributed by atoms with Gasteiger partial charge in [0.15, 0.2) is 0 Å². The van der Waals surface area contributed by atoms with Gasteiger partial charge in [0.1, 0.15) is 10.9 Å². The van der Waals surface area contributed by atoms with Crippen LogP contribution < -0.4 is 10.9 Å². The molecule has 24 heavy (non-hydrogen) atoms. The van der Waals surface area contributed by atoms with Crippen LogP contribution in [0.3, 0.4) is 0 Å². The third kappa shape index (κ3) is 3.00. The summed E-state index contributed by atoms with van der Waals surface area (Å²) < 4.78 is 1.05. The first-order valence-corrected chi connectivity index (χ1v) is 8.00. The van der Waals surface area contributed by atoms with E-state index in [2.05, 4.69) is 15.4 Å². The van der Waals surface area contributed by atoms with Crippen molar-refractivity contribution in [3.05, 3.63) is 39.7 Å². The summed E-state index contributed by atoms with van der Waals surface area (Å²) in [4.78, 5) is 52.2. The van der Waals surface area contributed by atoms with E-state index in [9.17, 15) is 19.2 Å². The third-order valence-corrected chi connectivity index (χ3v) is 4.49. The van der Waals surface area contributed by atoms with Crippen LogP contribution >= 0.6 is 11.8 Å². The molecule has 0 fully saturated rings. The molecule has 0 saturated heterocycles. The Labute approximate surface area is 140 Å². The lowest BCUT2D eigenvalue weighted by atomic mass is 10.2. The van der Waals surface area contributed by atoms with Crippen LogP contribution in [0.2, 0.25) is 0 Å². The standard InChI is InChI=1S/C14H13N5O4S/c1-18-10(20)3-2-9(17-18)12(21)15-5-6-19-13(22)11-8(4-7-24-11)16-14(19)23/h2-4,7,11H,5-6H2,1H3,(H,15,21). The van der Waals surface area contributed by atoms with Crippen molar-refractivity contribution in [2.75, 3.05) is 13.1 Å². The second kappa shape index (κ2) is 6.40. The number of hydrogen-bond acceptors (Lipinski definition) is 6. The number of aromatic nitrogens is 2. The molecule has 0 spiro atoms. The van der Waals surface area contributed by atoms with Gasteiger partial charge in [-0.3, -0.25) is 19.3 Å². The number of imide groups is 1. The molecule has 9 nitrogen and oxygen atoms in total. The van der Waals surface area contributed by atoms with Crippen LogP contribution in [0.25, 0.3) is 0 Å². The fourth-order valence-electron chi connectivity index (χ4n) is 2.23. The van der Waals surface area contributed by atoms with E-state index in [1.54, 1.807) is 11.5 Å². The largest absolute Gasteiger partial charge is 0.350 e. The maximum Gasteiger partial charge on any atom is 0.350 e. The first-order chi connectivity index (χ1) is 11.5. The number of aliphatic imine (C=N–C) groups is 1. The predicted octanol–water partition coefficient (Wildman–Crippen LogP) is -0.458. The second-order valence-corrected chi connectivity index (χ2v) is 6.08. The zero-order valence-corrected chi connectivity index (χ0v) is 13.4. The Balaban J connectivity index is 1.59. The van der Waals surface area contributed by atoms with Gasteiger partial charge in [-0.05, 0) is 17.6 Å². The summed E-state index contributed by atoms with van der Waals surface area (Å²) in [5.41, 5.74) is 0.210. The van der Waals surface area contributed by atoms with Crippen LogP contribution in [-0.2, 0) is 11.8 Å². The van der Waals surface area contributed by atoms with Gasteiger partial charge in [-0.15, -0.1) is 11.8 Å². The number of carbonyl (C=O) groups excluding carboxylic acids is 3. The Kier molecular flexibility index (Phi) is 4.30. The first-order valence-electron chi connectivity index (χ1n) is 7.06. The van der Waals surface area contributed by atoms with Gasteiger partial charge >= 0.3 is 6.03 Å². The van der Waals surface area contributed by atoms with Gasteiger partial charge < -0.3 is 5.32 Å². The molecule has 1 aromatic rings. The van der Waals surface area contributed by atoms with E-state index < -0.39 is 17.2 Å². The molecular formula is C14H13N5O4S. The van der Waals surface area contributed by atoms with Gasteiger partial charge in [0.2, 0.25) is 5.91 Å². The van der Waals surface area contributed by atoms with E-state index in [0.29, 0.717) is 5.71 Å². The van der Waals surface area contributed by atoms with Crippen molar-refractivity contribution in [1.82, 2.24) is 20.0 Å². The van der Waals surface area contributed by atoms with Gasteiger partial charge in [0.25, 0.3) is 11.5 Å². The number of hydrogen-bond donors (Lipinski definition) is 1. The third-order valence-electron chi connectivity index (χ3n) is 3.48. The first kappa shape index (κ1) is 16.1. The molecule has 0 radical (unpaired) electrons. The fourth-order valence-corrected chi connectivity index (χ4v) is 3.12. The Morgan fingerprint density at radius 1 is 1.33 bits per heavy atom. The highest BCUT2D eigenvalue weighted by Crippen LogP contribution is 2.27. The number of thioether (sulfide) groups is 1. The molecule has 1 aromatic heterocycles. The quantitative estimate of drug-likeness (QED) is 0.788. The smallest absolute Gasteiger partial charge is 0.349 e. The van der Waals surface area contributed by atoms with E-state index in [4.69, 9.17) is 0 Å². The summed E-state index contributed by atoms with van der Waals surface area (Å²) in [5, 5.41) is 7.63. The Bertz CT molecular complexity index is 844. The summed E-state index contributed by atoms with van der Waals surface area (Å²) in [5.74, 6) is -0.835. The van der Waals surface area contributed by atoms with Gasteiger partial charge in [-0.25, -0.2) is 9.48 Å². The average molecular weight is 347 g/mol.